The van der Waals surface area contributed by atoms with Gasteiger partial charge in [0.15, 0.2) is 11.8 Å². The van der Waals surface area contributed by atoms with Crippen LogP contribution in [0.5, 0.6) is 5.75 Å². The van der Waals surface area contributed by atoms with Crippen molar-refractivity contribution in [2.75, 3.05) is 17.7 Å². The maximum Gasteiger partial charge on any atom is 0.422 e. The third kappa shape index (κ3) is 6.03. The molecular formula is C21H20F3N3O2S. The Morgan fingerprint density at radius 3 is 2.53 bits per heavy atom. The fourth-order valence-electron chi connectivity index (χ4n) is 2.60. The fraction of sp³-hybridized carbons (Fsp3) is 0.238. The Labute approximate surface area is 176 Å². The summed E-state index contributed by atoms with van der Waals surface area (Å²) in [6.07, 6.45) is -0.883. The number of amides is 1. The van der Waals surface area contributed by atoms with Crippen molar-refractivity contribution in [1.29, 1.82) is 0 Å². The molecule has 3 rings (SSSR count). The predicted octanol–water partition coefficient (Wildman–Crippen LogP) is 5.16. The van der Waals surface area contributed by atoms with Gasteiger partial charge in [-0.3, -0.25) is 9.36 Å². The molecule has 0 bridgehead atoms. The first-order valence-electron chi connectivity index (χ1n) is 9.04. The molecule has 5 nitrogen and oxygen atoms in total. The number of carbonyl (C=O) groups excluding carboxylic acids is 1. The highest BCUT2D eigenvalue weighted by molar-refractivity contribution is 7.99. The van der Waals surface area contributed by atoms with Crippen molar-refractivity contribution >= 4 is 23.4 Å². The van der Waals surface area contributed by atoms with Crippen LogP contribution in [-0.4, -0.2) is 34.0 Å². The molecule has 0 spiro atoms. The molecule has 0 radical (unpaired) electrons. The average Bonchev–Trinajstić information content (AvgIpc) is 3.16. The van der Waals surface area contributed by atoms with Crippen LogP contribution in [0.15, 0.2) is 60.0 Å². The first-order valence-corrected chi connectivity index (χ1v) is 10.0. The Balaban J connectivity index is 1.55. The molecule has 2 aromatic carbocycles. The maximum atomic E-state index is 12.2. The third-order valence-electron chi connectivity index (χ3n) is 4.25. The van der Waals surface area contributed by atoms with Crippen LogP contribution in [0.3, 0.4) is 0 Å². The number of ether oxygens (including phenoxy) is 1. The van der Waals surface area contributed by atoms with Crippen molar-refractivity contribution < 1.29 is 22.7 Å². The SMILES string of the molecule is Cc1ccc(-n2ccnc2SCC(=O)Nc2ccc(OCC(F)(F)F)cc2)cc1C. The van der Waals surface area contributed by atoms with Gasteiger partial charge in [-0.25, -0.2) is 4.98 Å². The van der Waals surface area contributed by atoms with Gasteiger partial charge in [-0.2, -0.15) is 13.2 Å². The van der Waals surface area contributed by atoms with Crippen molar-refractivity contribution in [3.05, 3.63) is 66.0 Å². The molecule has 1 amide bonds. The van der Waals surface area contributed by atoms with E-state index in [-0.39, 0.29) is 17.4 Å². The van der Waals surface area contributed by atoms with E-state index in [0.717, 1.165) is 11.3 Å². The minimum atomic E-state index is -4.40. The number of thioether (sulfide) groups is 1. The number of aryl methyl sites for hydroxylation is 2. The molecule has 0 saturated carbocycles. The normalized spacial score (nSPS) is 11.4. The number of hydrogen-bond acceptors (Lipinski definition) is 4. The van der Waals surface area contributed by atoms with Crippen molar-refractivity contribution in [3.63, 3.8) is 0 Å². The number of aromatic nitrogens is 2. The van der Waals surface area contributed by atoms with E-state index < -0.39 is 12.8 Å². The lowest BCUT2D eigenvalue weighted by Crippen LogP contribution is -2.19. The number of halogens is 3. The number of anilines is 1. The van der Waals surface area contributed by atoms with Gasteiger partial charge in [0.1, 0.15) is 5.75 Å². The number of hydrogen-bond donors (Lipinski definition) is 1. The van der Waals surface area contributed by atoms with Gasteiger partial charge in [0.2, 0.25) is 5.91 Å². The lowest BCUT2D eigenvalue weighted by atomic mass is 10.1. The van der Waals surface area contributed by atoms with Gasteiger partial charge in [0.25, 0.3) is 0 Å². The first kappa shape index (κ1) is 21.8. The molecule has 30 heavy (non-hydrogen) atoms. The molecule has 0 aliphatic heterocycles. The molecule has 1 N–H and O–H groups in total. The summed E-state index contributed by atoms with van der Waals surface area (Å²) in [5.41, 5.74) is 3.80. The zero-order valence-corrected chi connectivity index (χ0v) is 17.2. The van der Waals surface area contributed by atoms with Gasteiger partial charge in [0, 0.05) is 23.8 Å². The van der Waals surface area contributed by atoms with Crippen LogP contribution < -0.4 is 10.1 Å². The maximum absolute atomic E-state index is 12.2. The number of benzene rings is 2. The molecular weight excluding hydrogens is 415 g/mol. The van der Waals surface area contributed by atoms with Crippen LogP contribution in [0.25, 0.3) is 5.69 Å². The zero-order valence-electron chi connectivity index (χ0n) is 16.4. The van der Waals surface area contributed by atoms with Gasteiger partial charge >= 0.3 is 6.18 Å². The van der Waals surface area contributed by atoms with Crippen LogP contribution in [0.2, 0.25) is 0 Å². The number of carbonyl (C=O) groups is 1. The van der Waals surface area contributed by atoms with Crippen LogP contribution in [0.4, 0.5) is 18.9 Å². The summed E-state index contributed by atoms with van der Waals surface area (Å²) >= 11 is 1.29. The largest absolute Gasteiger partial charge is 0.484 e. The van der Waals surface area contributed by atoms with Gasteiger partial charge < -0.3 is 10.1 Å². The average molecular weight is 435 g/mol. The van der Waals surface area contributed by atoms with Gasteiger partial charge in [-0.05, 0) is 61.4 Å². The monoisotopic (exact) mass is 435 g/mol. The lowest BCUT2D eigenvalue weighted by molar-refractivity contribution is -0.153. The Morgan fingerprint density at radius 1 is 1.13 bits per heavy atom. The number of nitrogens with one attached hydrogen (secondary N) is 1. The molecule has 0 atom stereocenters. The Hall–Kier alpha value is -2.94. The second kappa shape index (κ2) is 9.25. The quantitative estimate of drug-likeness (QED) is 0.521. The van der Waals surface area contributed by atoms with Gasteiger partial charge in [0.05, 0.1) is 5.75 Å². The van der Waals surface area contributed by atoms with E-state index in [1.165, 1.54) is 41.6 Å². The molecule has 158 valence electrons. The van der Waals surface area contributed by atoms with E-state index in [4.69, 9.17) is 0 Å². The summed E-state index contributed by atoms with van der Waals surface area (Å²) in [5.74, 6) is -0.0394. The first-order chi connectivity index (χ1) is 14.2. The van der Waals surface area contributed by atoms with Crippen molar-refractivity contribution in [1.82, 2.24) is 9.55 Å². The van der Waals surface area contributed by atoms with Crippen molar-refractivity contribution in [2.45, 2.75) is 25.2 Å². The molecule has 0 aliphatic rings. The molecule has 0 fully saturated rings. The summed E-state index contributed by atoms with van der Waals surface area (Å²) < 4.78 is 43.1. The standard InChI is InChI=1S/C21H20F3N3O2S/c1-14-3-6-17(11-15(14)2)27-10-9-25-20(27)30-12-19(28)26-16-4-7-18(8-5-16)29-13-21(22,23)24/h3-11H,12-13H2,1-2H3,(H,26,28). The summed E-state index contributed by atoms with van der Waals surface area (Å²) in [4.78, 5) is 16.6. The number of rotatable bonds is 7. The van der Waals surface area contributed by atoms with E-state index in [1.54, 1.807) is 6.20 Å². The Morgan fingerprint density at radius 2 is 1.87 bits per heavy atom. The van der Waals surface area contributed by atoms with Crippen LogP contribution in [0, 0.1) is 13.8 Å². The van der Waals surface area contributed by atoms with Gasteiger partial charge in [-0.15, -0.1) is 0 Å². The summed E-state index contributed by atoms with van der Waals surface area (Å²) in [5, 5.41) is 3.39. The molecule has 9 heteroatoms. The molecule has 0 unspecified atom stereocenters. The van der Waals surface area contributed by atoms with Crippen molar-refractivity contribution in [3.8, 4) is 11.4 Å². The minimum absolute atomic E-state index is 0.0788. The molecule has 1 aromatic heterocycles. The number of nitrogens with zero attached hydrogens (tertiary/aromatic N) is 2. The number of alkyl halides is 3. The van der Waals surface area contributed by atoms with Crippen LogP contribution >= 0.6 is 11.8 Å². The molecule has 1 heterocycles. The van der Waals surface area contributed by atoms with Crippen LogP contribution in [-0.2, 0) is 4.79 Å². The summed E-state index contributed by atoms with van der Waals surface area (Å²) in [6, 6.07) is 11.8. The van der Waals surface area contributed by atoms with E-state index in [0.29, 0.717) is 10.8 Å². The molecule has 0 aliphatic carbocycles. The van der Waals surface area contributed by atoms with E-state index >= 15 is 0 Å². The summed E-state index contributed by atoms with van der Waals surface area (Å²) in [7, 11) is 0. The zero-order chi connectivity index (χ0) is 21.7. The lowest BCUT2D eigenvalue weighted by Gasteiger charge is -2.11. The highest BCUT2D eigenvalue weighted by atomic mass is 32.2. The Bertz CT molecular complexity index is 1020. The van der Waals surface area contributed by atoms with E-state index in [9.17, 15) is 18.0 Å². The highest BCUT2D eigenvalue weighted by Crippen LogP contribution is 2.23. The topological polar surface area (TPSA) is 56.2 Å². The fourth-order valence-corrected chi connectivity index (χ4v) is 3.37. The molecule has 3 aromatic rings. The Kier molecular flexibility index (Phi) is 6.71. The summed E-state index contributed by atoms with van der Waals surface area (Å²) in [6.45, 7) is 2.72. The minimum Gasteiger partial charge on any atom is -0.484 e. The second-order valence-corrected chi connectivity index (χ2v) is 7.56. The van der Waals surface area contributed by atoms with Crippen LogP contribution in [0.1, 0.15) is 11.1 Å². The second-order valence-electron chi connectivity index (χ2n) is 6.61. The van der Waals surface area contributed by atoms with E-state index in [2.05, 4.69) is 21.1 Å². The van der Waals surface area contributed by atoms with Crippen molar-refractivity contribution in [2.24, 2.45) is 0 Å². The molecule has 0 saturated heterocycles. The highest BCUT2D eigenvalue weighted by Gasteiger charge is 2.28. The van der Waals surface area contributed by atoms with E-state index in [1.807, 2.05) is 36.7 Å². The number of imidazole rings is 1. The third-order valence-corrected chi connectivity index (χ3v) is 5.22. The predicted molar refractivity (Wildman–Crippen MR) is 110 cm³/mol. The van der Waals surface area contributed by atoms with Gasteiger partial charge in [-0.1, -0.05) is 17.8 Å². The smallest absolute Gasteiger partial charge is 0.422 e.